The standard InChI is InChI=1S/C57H67ClN14O8/c1-80-52(78)34-62-48(74)33-61-49(75)35-70-44-10-8-9-41-42-30-45-39(29-43(42)58)31-64-71(45)72(27-20-38(21-28-72)54(67-70)53(41)44)51(77)17-16-47(73)60-22-5-2-4-11-50(76)69-25-18-37(19-26-69)36-12-14-40(15-13-36)65-57-55(56(59)79)63-32-46(66-57)68-23-6-3-7-24-68/h8-10,12-15,29-32,37-38H,2-7,11,16-28,33-35H2,1H3,(H5-,59,60,61,62,65,66,73,74,75,79)/p+1. The molecule has 6 N–H and O–H groups in total. The van der Waals surface area contributed by atoms with Gasteiger partial charge < -0.3 is 41.5 Å². The molecule has 80 heavy (non-hydrogen) atoms. The monoisotopic (exact) mass is 1110 g/mol. The number of aromatic nitrogens is 6. The van der Waals surface area contributed by atoms with Gasteiger partial charge in [0.2, 0.25) is 23.6 Å². The summed E-state index contributed by atoms with van der Waals surface area (Å²) in [5.74, 6) is -1.16. The number of carbonyl (C=O) groups is 7. The lowest BCUT2D eigenvalue weighted by Crippen LogP contribution is -2.65. The normalized spacial score (nSPS) is 17.9. The first-order valence-electron chi connectivity index (χ1n) is 27.8. The Morgan fingerprint density at radius 3 is 2.27 bits per heavy atom. The molecule has 4 bridgehead atoms. The molecule has 5 aliphatic rings. The number of hydrogen-bond donors (Lipinski definition) is 5. The first-order valence-corrected chi connectivity index (χ1v) is 28.2. The highest BCUT2D eigenvalue weighted by atomic mass is 35.5. The molecule has 3 aromatic carbocycles. The maximum atomic E-state index is 14.6. The highest BCUT2D eigenvalue weighted by molar-refractivity contribution is 6.34. The Bertz CT molecular complexity index is 3320. The van der Waals surface area contributed by atoms with Gasteiger partial charge in [-0.1, -0.05) is 47.1 Å². The van der Waals surface area contributed by atoms with E-state index in [0.717, 1.165) is 89.8 Å². The molecule has 8 heterocycles. The van der Waals surface area contributed by atoms with E-state index in [0.29, 0.717) is 87.1 Å². The Morgan fingerprint density at radius 2 is 1.52 bits per heavy atom. The maximum Gasteiger partial charge on any atom is 0.340 e. The van der Waals surface area contributed by atoms with Crippen molar-refractivity contribution in [1.82, 2.24) is 55.1 Å². The van der Waals surface area contributed by atoms with Gasteiger partial charge in [-0.3, -0.25) is 33.4 Å². The molecule has 6 amide bonds. The second kappa shape index (κ2) is 24.6. The molecule has 22 nitrogen and oxygen atoms in total. The van der Waals surface area contributed by atoms with Crippen LogP contribution in [0.25, 0.3) is 32.9 Å². The molecule has 0 atom stereocenters. The molecule has 0 radical (unpaired) electrons. The van der Waals surface area contributed by atoms with Gasteiger partial charge in [-0.25, -0.2) is 14.8 Å². The Morgan fingerprint density at radius 1 is 0.762 bits per heavy atom. The summed E-state index contributed by atoms with van der Waals surface area (Å²) in [6.07, 6.45) is 12.2. The van der Waals surface area contributed by atoms with Gasteiger partial charge in [0.1, 0.15) is 37.5 Å². The average molecular weight is 1110 g/mol. The van der Waals surface area contributed by atoms with E-state index in [2.05, 4.69) is 48.0 Å². The quantitative estimate of drug-likeness (QED) is 0.0361. The molecule has 3 saturated heterocycles. The molecule has 0 unspecified atom stereocenters. The number of quaternary nitrogens is 1. The van der Waals surface area contributed by atoms with Crippen molar-refractivity contribution in [3.8, 4) is 11.1 Å². The van der Waals surface area contributed by atoms with Crippen molar-refractivity contribution in [3.05, 3.63) is 89.0 Å². The summed E-state index contributed by atoms with van der Waals surface area (Å²) in [6.45, 7) is 3.58. The van der Waals surface area contributed by atoms with Gasteiger partial charge in [0.25, 0.3) is 5.91 Å². The van der Waals surface area contributed by atoms with Crippen molar-refractivity contribution in [2.45, 2.75) is 102 Å². The number of esters is 1. The van der Waals surface area contributed by atoms with Crippen LogP contribution in [0.5, 0.6) is 0 Å². The fraction of sp³-hybridized carbons (Fsp3) is 0.456. The van der Waals surface area contributed by atoms with Crippen LogP contribution >= 0.6 is 11.6 Å². The zero-order chi connectivity index (χ0) is 55.9. The number of unbranched alkanes of at least 4 members (excludes halogenated alkanes) is 2. The van der Waals surface area contributed by atoms with E-state index in [4.69, 9.17) is 32.5 Å². The van der Waals surface area contributed by atoms with Gasteiger partial charge in [-0.15, -0.1) is 9.69 Å². The molecule has 5 aliphatic heterocycles. The number of likely N-dealkylation sites (tertiary alicyclic amines) is 1. The van der Waals surface area contributed by atoms with E-state index >= 15 is 0 Å². The zero-order valence-electron chi connectivity index (χ0n) is 45.0. The Hall–Kier alpha value is -7.98. The predicted octanol–water partition coefficient (Wildman–Crippen LogP) is 5.45. The van der Waals surface area contributed by atoms with E-state index in [1.165, 1.54) is 19.1 Å². The Labute approximate surface area is 467 Å². The molecule has 11 rings (SSSR count). The number of methoxy groups -OCH3 is 1. The summed E-state index contributed by atoms with van der Waals surface area (Å²) in [6, 6.07) is 17.7. The molecule has 6 aromatic rings. The van der Waals surface area contributed by atoms with Crippen LogP contribution in [0.4, 0.5) is 17.3 Å². The minimum atomic E-state index is -0.643. The van der Waals surface area contributed by atoms with Crippen molar-refractivity contribution >= 4 is 92.1 Å². The van der Waals surface area contributed by atoms with Gasteiger partial charge in [-0.2, -0.15) is 5.10 Å². The third kappa shape index (κ3) is 12.1. The minimum absolute atomic E-state index is 0.00371. The second-order valence-electron chi connectivity index (χ2n) is 21.2. The van der Waals surface area contributed by atoms with Gasteiger partial charge in [0, 0.05) is 91.4 Å². The number of nitrogens with one attached hydrogen (secondary N) is 4. The number of nitrogens with two attached hydrogens (primary N) is 1. The van der Waals surface area contributed by atoms with Crippen LogP contribution < -0.4 is 36.5 Å². The van der Waals surface area contributed by atoms with Crippen LogP contribution in [0.15, 0.2) is 67.0 Å². The number of nitrogens with zero attached hydrogens (tertiary/aromatic N) is 9. The molecule has 3 aromatic heterocycles. The van der Waals surface area contributed by atoms with Gasteiger partial charge in [0.05, 0.1) is 43.7 Å². The number of amides is 6. The lowest BCUT2D eigenvalue weighted by molar-refractivity contribution is -0.142. The summed E-state index contributed by atoms with van der Waals surface area (Å²) in [7, 11) is 1.22. The predicted molar refractivity (Wildman–Crippen MR) is 301 cm³/mol. The van der Waals surface area contributed by atoms with Crippen molar-refractivity contribution in [2.75, 3.05) is 76.2 Å². The topological polar surface area (TPSA) is 271 Å². The molecule has 420 valence electrons. The van der Waals surface area contributed by atoms with E-state index in [1.807, 2.05) is 47.4 Å². The maximum absolute atomic E-state index is 14.6. The van der Waals surface area contributed by atoms with Crippen molar-refractivity contribution in [3.63, 3.8) is 0 Å². The number of piperidine rings is 3. The Kier molecular flexibility index (Phi) is 17.0. The van der Waals surface area contributed by atoms with Crippen molar-refractivity contribution in [2.24, 2.45) is 5.73 Å². The Balaban J connectivity index is 0.684. The van der Waals surface area contributed by atoms with Gasteiger partial charge >= 0.3 is 11.9 Å². The first kappa shape index (κ1) is 55.3. The zero-order valence-corrected chi connectivity index (χ0v) is 45.8. The molecule has 23 heteroatoms. The van der Waals surface area contributed by atoms with Gasteiger partial charge in [0.15, 0.2) is 11.5 Å². The number of anilines is 3. The number of halogens is 1. The molecule has 0 aliphatic carbocycles. The molecular weight excluding hydrogens is 1040 g/mol. The van der Waals surface area contributed by atoms with Crippen LogP contribution in [0, 0.1) is 0 Å². The van der Waals surface area contributed by atoms with Crippen molar-refractivity contribution in [1.29, 1.82) is 0 Å². The van der Waals surface area contributed by atoms with Gasteiger partial charge in [-0.05, 0) is 92.3 Å². The smallest absolute Gasteiger partial charge is 0.340 e. The number of primary amides is 1. The number of carbonyl (C=O) groups excluding carboxylic acids is 7. The summed E-state index contributed by atoms with van der Waals surface area (Å²) in [5.41, 5.74) is 11.5. The minimum Gasteiger partial charge on any atom is -0.468 e. The third-order valence-electron chi connectivity index (χ3n) is 16.2. The number of hydrogen-bond acceptors (Lipinski definition) is 14. The highest BCUT2D eigenvalue weighted by Gasteiger charge is 2.46. The summed E-state index contributed by atoms with van der Waals surface area (Å²) >= 11 is 7.03. The molecular formula is C57H68ClN14O8+. The van der Waals surface area contributed by atoms with Crippen LogP contribution in [-0.4, -0.2) is 142 Å². The van der Waals surface area contributed by atoms with Crippen LogP contribution in [-0.2, 0) is 40.0 Å². The summed E-state index contributed by atoms with van der Waals surface area (Å²) in [5, 5.41) is 23.2. The summed E-state index contributed by atoms with van der Waals surface area (Å²) < 4.78 is 6.08. The lowest BCUT2D eigenvalue weighted by atomic mass is 9.88. The van der Waals surface area contributed by atoms with Crippen LogP contribution in [0.2, 0.25) is 5.02 Å². The second-order valence-corrected chi connectivity index (χ2v) is 21.6. The largest absolute Gasteiger partial charge is 0.468 e. The van der Waals surface area contributed by atoms with E-state index in [1.54, 1.807) is 21.9 Å². The molecule has 0 saturated carbocycles. The average Bonchev–Trinajstić information content (AvgIpc) is 4.08. The number of rotatable bonds is 20. The first-order chi connectivity index (χ1) is 38.8. The van der Waals surface area contributed by atoms with E-state index in [-0.39, 0.29) is 66.4 Å². The number of ether oxygens (including phenoxy) is 1. The number of benzene rings is 3. The highest BCUT2D eigenvalue weighted by Crippen LogP contribution is 2.44. The summed E-state index contributed by atoms with van der Waals surface area (Å²) in [4.78, 5) is 105. The third-order valence-corrected chi connectivity index (χ3v) is 16.5. The van der Waals surface area contributed by atoms with E-state index in [9.17, 15) is 33.6 Å². The van der Waals surface area contributed by atoms with Crippen LogP contribution in [0.3, 0.4) is 0 Å². The number of fused-ring (bicyclic) bond motifs is 2. The lowest BCUT2D eigenvalue weighted by Gasteiger charge is -2.39. The SMILES string of the molecule is COC(=O)CNC(=O)CNC(=O)Cn1nc2c3c(cccc31)-c1cc3c(cnn3[N+]3(C(=O)CCC(=O)NCCCCCC(=O)N4CCC(c5ccc(Nc6nc(N7CCCCC7)cnc6C(N)=O)cc5)CC4)CCC2CC3)cc1Cl. The van der Waals surface area contributed by atoms with Crippen LogP contribution in [0.1, 0.15) is 117 Å². The fourth-order valence-electron chi connectivity index (χ4n) is 11.8. The van der Waals surface area contributed by atoms with E-state index < -0.39 is 23.7 Å². The molecule has 3 fully saturated rings. The fourth-order valence-corrected chi connectivity index (χ4v) is 12.0. The van der Waals surface area contributed by atoms with Crippen molar-refractivity contribution < 1.29 is 38.3 Å². The molecule has 0 spiro atoms.